The summed E-state index contributed by atoms with van der Waals surface area (Å²) in [5.74, 6) is -0.375. The van der Waals surface area contributed by atoms with Crippen molar-refractivity contribution < 1.29 is 4.79 Å². The lowest BCUT2D eigenvalue weighted by molar-refractivity contribution is -0.117. The maximum atomic E-state index is 12.4. The number of benzene rings is 2. The quantitative estimate of drug-likeness (QED) is 0.569. The molecule has 4 aromatic rings. The minimum absolute atomic E-state index is 0.190. The van der Waals surface area contributed by atoms with E-state index in [-0.39, 0.29) is 18.0 Å². The number of nitrogens with zero attached hydrogens (tertiary/aromatic N) is 3. The van der Waals surface area contributed by atoms with E-state index in [2.05, 4.69) is 15.4 Å². The van der Waals surface area contributed by atoms with E-state index in [0.29, 0.717) is 21.2 Å². The molecule has 2 aromatic carbocycles. The van der Waals surface area contributed by atoms with Gasteiger partial charge in [-0.2, -0.15) is 5.10 Å². The Morgan fingerprint density at radius 1 is 1.15 bits per heavy atom. The van der Waals surface area contributed by atoms with E-state index >= 15 is 0 Å². The van der Waals surface area contributed by atoms with Gasteiger partial charge in [-0.05, 0) is 12.1 Å². The third-order valence-corrected chi connectivity index (χ3v) is 5.04. The number of rotatable bonds is 4. The zero-order valence-electron chi connectivity index (χ0n) is 13.9. The summed E-state index contributed by atoms with van der Waals surface area (Å²) in [6.45, 7) is -0.190. The molecular formula is C19H13ClN4O2S. The molecule has 0 spiro atoms. The van der Waals surface area contributed by atoms with Crippen LogP contribution in [0.2, 0.25) is 5.02 Å². The maximum absolute atomic E-state index is 12.4. The number of anilines is 1. The maximum Gasteiger partial charge on any atom is 0.275 e. The summed E-state index contributed by atoms with van der Waals surface area (Å²) < 4.78 is 1.14. The predicted octanol–water partition coefficient (Wildman–Crippen LogP) is 3.81. The van der Waals surface area contributed by atoms with Crippen molar-refractivity contribution in [3.63, 3.8) is 0 Å². The van der Waals surface area contributed by atoms with Gasteiger partial charge in [-0.25, -0.2) is 9.67 Å². The lowest BCUT2D eigenvalue weighted by Gasteiger charge is -2.05. The standard InChI is InChI=1S/C19H13ClN4O2S/c20-15-8-4-3-7-14(15)16-11-27-19(22-16)23-17(25)10-24-18(26)13-6-2-1-5-12(13)9-21-24/h1-9,11H,10H2,(H,22,23,25). The third kappa shape index (κ3) is 3.60. The van der Waals surface area contributed by atoms with Crippen molar-refractivity contribution in [1.29, 1.82) is 0 Å². The van der Waals surface area contributed by atoms with E-state index in [1.165, 1.54) is 11.3 Å². The zero-order valence-corrected chi connectivity index (χ0v) is 15.5. The van der Waals surface area contributed by atoms with E-state index in [4.69, 9.17) is 11.6 Å². The molecule has 0 aliphatic heterocycles. The highest BCUT2D eigenvalue weighted by Gasteiger charge is 2.12. The second kappa shape index (κ2) is 7.30. The summed E-state index contributed by atoms with van der Waals surface area (Å²) in [5, 5.41) is 10.9. The van der Waals surface area contributed by atoms with Crippen LogP contribution in [-0.2, 0) is 11.3 Å². The van der Waals surface area contributed by atoms with Crippen LogP contribution >= 0.6 is 22.9 Å². The molecule has 27 heavy (non-hydrogen) atoms. The number of aromatic nitrogens is 3. The molecule has 0 saturated carbocycles. The number of halogens is 1. The van der Waals surface area contributed by atoms with Gasteiger partial charge in [0.05, 0.1) is 17.3 Å². The summed E-state index contributed by atoms with van der Waals surface area (Å²) in [5.41, 5.74) is 1.17. The number of hydrogen-bond donors (Lipinski definition) is 1. The van der Waals surface area contributed by atoms with Gasteiger partial charge in [0, 0.05) is 21.4 Å². The van der Waals surface area contributed by atoms with Crippen LogP contribution in [-0.4, -0.2) is 20.7 Å². The lowest BCUT2D eigenvalue weighted by atomic mass is 10.2. The number of fused-ring (bicyclic) bond motifs is 1. The highest BCUT2D eigenvalue weighted by molar-refractivity contribution is 7.14. The van der Waals surface area contributed by atoms with Gasteiger partial charge in [0.15, 0.2) is 5.13 Å². The van der Waals surface area contributed by atoms with E-state index in [1.54, 1.807) is 30.5 Å². The molecule has 0 aliphatic carbocycles. The number of nitrogens with one attached hydrogen (secondary N) is 1. The first kappa shape index (κ1) is 17.4. The second-order valence-corrected chi connectivity index (χ2v) is 7.03. The molecule has 134 valence electrons. The van der Waals surface area contributed by atoms with Gasteiger partial charge in [0.2, 0.25) is 5.91 Å². The number of amides is 1. The number of carbonyl (C=O) groups excluding carboxylic acids is 1. The number of hydrogen-bond acceptors (Lipinski definition) is 5. The molecule has 0 saturated heterocycles. The predicted molar refractivity (Wildman–Crippen MR) is 107 cm³/mol. The van der Waals surface area contributed by atoms with Crippen molar-refractivity contribution in [2.75, 3.05) is 5.32 Å². The number of carbonyl (C=O) groups is 1. The molecule has 0 radical (unpaired) electrons. The molecule has 0 atom stereocenters. The minimum atomic E-state index is -0.375. The third-order valence-electron chi connectivity index (χ3n) is 3.96. The minimum Gasteiger partial charge on any atom is -0.300 e. The highest BCUT2D eigenvalue weighted by atomic mass is 35.5. The van der Waals surface area contributed by atoms with E-state index < -0.39 is 0 Å². The molecule has 2 aromatic heterocycles. The molecule has 4 rings (SSSR count). The Kier molecular flexibility index (Phi) is 4.70. The van der Waals surface area contributed by atoms with Crippen LogP contribution in [0.5, 0.6) is 0 Å². The summed E-state index contributed by atoms with van der Waals surface area (Å²) in [6, 6.07) is 14.5. The fourth-order valence-corrected chi connectivity index (χ4v) is 3.62. The van der Waals surface area contributed by atoms with Crippen LogP contribution in [0.15, 0.2) is 64.9 Å². The first-order valence-corrected chi connectivity index (χ1v) is 9.33. The molecule has 0 aliphatic rings. The summed E-state index contributed by atoms with van der Waals surface area (Å²) in [7, 11) is 0. The fourth-order valence-electron chi connectivity index (χ4n) is 2.66. The van der Waals surface area contributed by atoms with Gasteiger partial charge < -0.3 is 5.32 Å². The van der Waals surface area contributed by atoms with Crippen molar-refractivity contribution in [2.45, 2.75) is 6.54 Å². The van der Waals surface area contributed by atoms with Gasteiger partial charge >= 0.3 is 0 Å². The van der Waals surface area contributed by atoms with Crippen molar-refractivity contribution in [2.24, 2.45) is 0 Å². The van der Waals surface area contributed by atoms with E-state index in [1.807, 2.05) is 29.6 Å². The highest BCUT2D eigenvalue weighted by Crippen LogP contribution is 2.30. The molecule has 0 fully saturated rings. The van der Waals surface area contributed by atoms with E-state index in [0.717, 1.165) is 15.6 Å². The monoisotopic (exact) mass is 396 g/mol. The average Bonchev–Trinajstić information content (AvgIpc) is 3.12. The van der Waals surface area contributed by atoms with Gasteiger partial charge in [-0.3, -0.25) is 9.59 Å². The summed E-state index contributed by atoms with van der Waals surface area (Å²) in [6.07, 6.45) is 1.57. The molecule has 1 amide bonds. The van der Waals surface area contributed by atoms with Crippen LogP contribution in [0.3, 0.4) is 0 Å². The summed E-state index contributed by atoms with van der Waals surface area (Å²) >= 11 is 7.47. The lowest BCUT2D eigenvalue weighted by Crippen LogP contribution is -2.29. The first-order valence-electron chi connectivity index (χ1n) is 8.07. The molecule has 2 heterocycles. The van der Waals surface area contributed by atoms with E-state index in [9.17, 15) is 9.59 Å². The van der Waals surface area contributed by atoms with Crippen molar-refractivity contribution in [3.05, 3.63) is 75.5 Å². The Morgan fingerprint density at radius 2 is 1.93 bits per heavy atom. The van der Waals surface area contributed by atoms with Crippen LogP contribution in [0.1, 0.15) is 0 Å². The number of thiazole rings is 1. The molecule has 8 heteroatoms. The molecular weight excluding hydrogens is 384 g/mol. The zero-order chi connectivity index (χ0) is 18.8. The largest absolute Gasteiger partial charge is 0.300 e. The van der Waals surface area contributed by atoms with Gasteiger partial charge in [-0.15, -0.1) is 11.3 Å². The van der Waals surface area contributed by atoms with Crippen molar-refractivity contribution in [3.8, 4) is 11.3 Å². The Bertz CT molecular complexity index is 1200. The Morgan fingerprint density at radius 3 is 2.78 bits per heavy atom. The van der Waals surface area contributed by atoms with Crippen molar-refractivity contribution in [1.82, 2.24) is 14.8 Å². The van der Waals surface area contributed by atoms with Crippen LogP contribution in [0.4, 0.5) is 5.13 Å². The normalized spacial score (nSPS) is 10.9. The molecule has 1 N–H and O–H groups in total. The Labute approximate surface area is 163 Å². The van der Waals surface area contributed by atoms with Crippen LogP contribution in [0.25, 0.3) is 22.0 Å². The smallest absolute Gasteiger partial charge is 0.275 e. The van der Waals surface area contributed by atoms with Gasteiger partial charge in [0.1, 0.15) is 6.54 Å². The second-order valence-electron chi connectivity index (χ2n) is 5.76. The van der Waals surface area contributed by atoms with Gasteiger partial charge in [-0.1, -0.05) is 48.0 Å². The van der Waals surface area contributed by atoms with Gasteiger partial charge in [0.25, 0.3) is 5.56 Å². The Balaban J connectivity index is 1.52. The topological polar surface area (TPSA) is 76.9 Å². The Hall–Kier alpha value is -3.03. The van der Waals surface area contributed by atoms with Crippen molar-refractivity contribution >= 4 is 44.7 Å². The molecule has 0 unspecified atom stereocenters. The van der Waals surface area contributed by atoms with Crippen LogP contribution in [0, 0.1) is 0 Å². The SMILES string of the molecule is O=C(Cn1ncc2ccccc2c1=O)Nc1nc(-c2ccccc2Cl)cs1. The molecule has 6 nitrogen and oxygen atoms in total. The summed E-state index contributed by atoms with van der Waals surface area (Å²) in [4.78, 5) is 29.1. The molecule has 0 bridgehead atoms. The van der Waals surface area contributed by atoms with Crippen LogP contribution < -0.4 is 10.9 Å². The fraction of sp³-hybridized carbons (Fsp3) is 0.0526. The average molecular weight is 397 g/mol. The first-order chi connectivity index (χ1) is 13.1.